The fraction of sp³-hybridized carbons (Fsp3) is 0.714. The van der Waals surface area contributed by atoms with Crippen molar-refractivity contribution in [3.63, 3.8) is 0 Å². The molecule has 1 aliphatic heterocycles. The summed E-state index contributed by atoms with van der Waals surface area (Å²) in [6, 6.07) is 1.83. The summed E-state index contributed by atoms with van der Waals surface area (Å²) in [6.45, 7) is 4.90. The smallest absolute Gasteiger partial charge is 0.254 e. The third kappa shape index (κ3) is 4.05. The Kier molecular flexibility index (Phi) is 5.14. The van der Waals surface area contributed by atoms with E-state index in [1.54, 1.807) is 18.7 Å². The van der Waals surface area contributed by atoms with Crippen molar-refractivity contribution in [1.82, 2.24) is 9.78 Å². The van der Waals surface area contributed by atoms with E-state index in [9.17, 15) is 4.79 Å². The summed E-state index contributed by atoms with van der Waals surface area (Å²) < 4.78 is 12.8. The molecule has 1 fully saturated rings. The highest BCUT2D eigenvalue weighted by molar-refractivity contribution is 5.93. The summed E-state index contributed by atoms with van der Waals surface area (Å²) in [5.74, 6) is 0.515. The Bertz CT molecular complexity index is 453. The van der Waals surface area contributed by atoms with Crippen LogP contribution in [0, 0.1) is 6.92 Å². The zero-order valence-corrected chi connectivity index (χ0v) is 12.4. The number of aryl methyl sites for hydroxylation is 2. The fourth-order valence-corrected chi connectivity index (χ4v) is 2.22. The molecule has 0 aromatic carbocycles. The Labute approximate surface area is 119 Å². The van der Waals surface area contributed by atoms with Gasteiger partial charge in [0.15, 0.2) is 0 Å². The van der Waals surface area contributed by atoms with Gasteiger partial charge in [-0.25, -0.2) is 0 Å². The number of rotatable bonds is 5. The van der Waals surface area contributed by atoms with E-state index < -0.39 is 6.10 Å². The molecule has 2 rings (SSSR count). The van der Waals surface area contributed by atoms with Crippen LogP contribution in [-0.2, 0) is 21.3 Å². The van der Waals surface area contributed by atoms with Gasteiger partial charge in [-0.1, -0.05) is 0 Å². The zero-order chi connectivity index (χ0) is 14.5. The number of aromatic nitrogens is 2. The lowest BCUT2D eigenvalue weighted by atomic mass is 10.1. The van der Waals surface area contributed by atoms with Gasteiger partial charge in [-0.3, -0.25) is 9.48 Å². The highest BCUT2D eigenvalue weighted by atomic mass is 16.5. The first-order valence-corrected chi connectivity index (χ1v) is 7.11. The van der Waals surface area contributed by atoms with Gasteiger partial charge in [0, 0.05) is 19.7 Å². The van der Waals surface area contributed by atoms with Crippen molar-refractivity contribution in [2.45, 2.75) is 45.3 Å². The second-order valence-corrected chi connectivity index (χ2v) is 5.25. The van der Waals surface area contributed by atoms with Crippen molar-refractivity contribution in [3.05, 3.63) is 11.8 Å². The first-order chi connectivity index (χ1) is 9.56. The van der Waals surface area contributed by atoms with Gasteiger partial charge in [-0.2, -0.15) is 5.10 Å². The maximum Gasteiger partial charge on any atom is 0.254 e. The molecule has 20 heavy (non-hydrogen) atoms. The SMILES string of the molecule is Cc1cc(NC(=O)[C@H](C)OC[C@H]2CCCCO2)n(C)n1. The van der Waals surface area contributed by atoms with Gasteiger partial charge in [-0.05, 0) is 33.1 Å². The molecule has 1 saturated heterocycles. The predicted octanol–water partition coefficient (Wildman–Crippen LogP) is 1.64. The minimum absolute atomic E-state index is 0.123. The number of nitrogens with one attached hydrogen (secondary N) is 1. The third-order valence-corrected chi connectivity index (χ3v) is 3.43. The van der Waals surface area contributed by atoms with E-state index in [2.05, 4.69) is 10.4 Å². The number of carbonyl (C=O) groups excluding carboxylic acids is 1. The van der Waals surface area contributed by atoms with Crippen molar-refractivity contribution in [2.75, 3.05) is 18.5 Å². The first-order valence-electron chi connectivity index (χ1n) is 7.11. The molecular weight excluding hydrogens is 258 g/mol. The van der Waals surface area contributed by atoms with E-state index in [-0.39, 0.29) is 12.0 Å². The summed E-state index contributed by atoms with van der Waals surface area (Å²) in [5, 5.41) is 7.00. The van der Waals surface area contributed by atoms with Gasteiger partial charge in [-0.15, -0.1) is 0 Å². The molecule has 2 atom stereocenters. The van der Waals surface area contributed by atoms with Gasteiger partial charge >= 0.3 is 0 Å². The Morgan fingerprint density at radius 1 is 1.65 bits per heavy atom. The first kappa shape index (κ1) is 15.0. The highest BCUT2D eigenvalue weighted by Gasteiger charge is 2.19. The van der Waals surface area contributed by atoms with E-state index in [1.165, 1.54) is 6.42 Å². The van der Waals surface area contributed by atoms with Crippen molar-refractivity contribution < 1.29 is 14.3 Å². The fourth-order valence-electron chi connectivity index (χ4n) is 2.22. The third-order valence-electron chi connectivity index (χ3n) is 3.43. The van der Waals surface area contributed by atoms with Gasteiger partial charge in [0.25, 0.3) is 5.91 Å². The van der Waals surface area contributed by atoms with Crippen LogP contribution in [0.5, 0.6) is 0 Å². The lowest BCUT2D eigenvalue weighted by Crippen LogP contribution is -2.33. The van der Waals surface area contributed by atoms with Crippen LogP contribution in [0.2, 0.25) is 0 Å². The van der Waals surface area contributed by atoms with Crippen LogP contribution in [0.3, 0.4) is 0 Å². The number of hydrogen-bond acceptors (Lipinski definition) is 4. The average molecular weight is 281 g/mol. The van der Waals surface area contributed by atoms with Gasteiger partial charge in [0.1, 0.15) is 11.9 Å². The van der Waals surface area contributed by atoms with E-state index in [1.807, 2.05) is 13.0 Å². The monoisotopic (exact) mass is 281 g/mol. The molecule has 0 aliphatic carbocycles. The van der Waals surface area contributed by atoms with Crippen LogP contribution in [-0.4, -0.2) is 41.1 Å². The van der Waals surface area contributed by atoms with Crippen LogP contribution >= 0.6 is 0 Å². The number of carbonyl (C=O) groups is 1. The van der Waals surface area contributed by atoms with Crippen LogP contribution in [0.15, 0.2) is 6.07 Å². The molecule has 0 unspecified atom stereocenters. The summed E-state index contributed by atoms with van der Waals surface area (Å²) in [6.07, 6.45) is 2.92. The molecule has 1 N–H and O–H groups in total. The number of anilines is 1. The lowest BCUT2D eigenvalue weighted by Gasteiger charge is -2.23. The lowest BCUT2D eigenvalue weighted by molar-refractivity contribution is -0.130. The summed E-state index contributed by atoms with van der Waals surface area (Å²) in [7, 11) is 1.80. The van der Waals surface area contributed by atoms with Gasteiger partial charge in [0.2, 0.25) is 0 Å². The molecule has 0 radical (unpaired) electrons. The molecule has 0 bridgehead atoms. The number of amides is 1. The summed E-state index contributed by atoms with van der Waals surface area (Å²) in [4.78, 5) is 12.0. The normalized spacial score (nSPS) is 20.6. The van der Waals surface area contributed by atoms with Gasteiger partial charge < -0.3 is 14.8 Å². The van der Waals surface area contributed by atoms with E-state index in [0.29, 0.717) is 12.4 Å². The molecule has 0 saturated carbocycles. The second kappa shape index (κ2) is 6.85. The molecule has 1 amide bonds. The molecule has 112 valence electrons. The van der Waals surface area contributed by atoms with Crippen molar-refractivity contribution in [2.24, 2.45) is 7.05 Å². The van der Waals surface area contributed by atoms with Crippen LogP contribution < -0.4 is 5.32 Å². The largest absolute Gasteiger partial charge is 0.376 e. The molecule has 1 aromatic heterocycles. The van der Waals surface area contributed by atoms with E-state index in [0.717, 1.165) is 25.1 Å². The quantitative estimate of drug-likeness (QED) is 0.891. The molecule has 0 spiro atoms. The average Bonchev–Trinajstić information content (AvgIpc) is 2.75. The number of nitrogens with zero attached hydrogens (tertiary/aromatic N) is 2. The van der Waals surface area contributed by atoms with Crippen molar-refractivity contribution in [1.29, 1.82) is 0 Å². The molecule has 2 heterocycles. The zero-order valence-electron chi connectivity index (χ0n) is 12.4. The van der Waals surface area contributed by atoms with Gasteiger partial charge in [0.05, 0.1) is 18.4 Å². The second-order valence-electron chi connectivity index (χ2n) is 5.25. The molecule has 1 aliphatic rings. The Morgan fingerprint density at radius 2 is 2.45 bits per heavy atom. The summed E-state index contributed by atoms with van der Waals surface area (Å²) in [5.41, 5.74) is 0.868. The van der Waals surface area contributed by atoms with Crippen molar-refractivity contribution >= 4 is 11.7 Å². The van der Waals surface area contributed by atoms with Crippen molar-refractivity contribution in [3.8, 4) is 0 Å². The number of ether oxygens (including phenoxy) is 2. The highest BCUT2D eigenvalue weighted by Crippen LogP contribution is 2.14. The topological polar surface area (TPSA) is 65.4 Å². The van der Waals surface area contributed by atoms with Crippen LogP contribution in [0.4, 0.5) is 5.82 Å². The van der Waals surface area contributed by atoms with Crippen LogP contribution in [0.1, 0.15) is 31.9 Å². The molecule has 6 nitrogen and oxygen atoms in total. The Morgan fingerprint density at radius 3 is 3.05 bits per heavy atom. The Hall–Kier alpha value is -1.40. The number of hydrogen-bond donors (Lipinski definition) is 1. The van der Waals surface area contributed by atoms with E-state index >= 15 is 0 Å². The molecule has 6 heteroatoms. The Balaban J connectivity index is 1.78. The minimum atomic E-state index is -0.504. The van der Waals surface area contributed by atoms with E-state index in [4.69, 9.17) is 9.47 Å². The summed E-state index contributed by atoms with van der Waals surface area (Å²) >= 11 is 0. The molecular formula is C14H23N3O3. The van der Waals surface area contributed by atoms with Crippen LogP contribution in [0.25, 0.3) is 0 Å². The maximum atomic E-state index is 12.0. The standard InChI is InChI=1S/C14H23N3O3/c1-10-8-13(17(3)16-10)15-14(18)11(2)20-9-12-6-4-5-7-19-12/h8,11-12H,4-7,9H2,1-3H3,(H,15,18)/t11-,12+/m0/s1. The minimum Gasteiger partial charge on any atom is -0.376 e. The maximum absolute atomic E-state index is 12.0. The molecule has 1 aromatic rings. The predicted molar refractivity (Wildman–Crippen MR) is 75.6 cm³/mol.